The molecule has 2 aromatic rings. The fourth-order valence-corrected chi connectivity index (χ4v) is 3.16. The Balaban J connectivity index is 1.74. The van der Waals surface area contributed by atoms with Crippen molar-refractivity contribution in [3.63, 3.8) is 0 Å². The van der Waals surface area contributed by atoms with E-state index in [0.29, 0.717) is 28.2 Å². The van der Waals surface area contributed by atoms with Crippen molar-refractivity contribution in [1.29, 1.82) is 0 Å². The van der Waals surface area contributed by atoms with Gasteiger partial charge in [-0.15, -0.1) is 0 Å². The summed E-state index contributed by atoms with van der Waals surface area (Å²) in [6.07, 6.45) is 0. The molecule has 2 rings (SSSR count). The van der Waals surface area contributed by atoms with Crippen molar-refractivity contribution in [3.8, 4) is 0 Å². The summed E-state index contributed by atoms with van der Waals surface area (Å²) in [4.78, 5) is 4.15. The quantitative estimate of drug-likeness (QED) is 0.551. The molecule has 0 aliphatic carbocycles. The zero-order valence-corrected chi connectivity index (χ0v) is 14.6. The van der Waals surface area contributed by atoms with E-state index in [1.807, 2.05) is 13.0 Å². The summed E-state index contributed by atoms with van der Waals surface area (Å²) < 4.78 is 27.8. The molecule has 0 spiro atoms. The second kappa shape index (κ2) is 8.60. The molecular formula is C16H17BrF2N2S. The summed E-state index contributed by atoms with van der Waals surface area (Å²) in [7, 11) is 0. The van der Waals surface area contributed by atoms with E-state index in [1.54, 1.807) is 30.0 Å². The average molecular weight is 387 g/mol. The third-order valence-corrected chi connectivity index (χ3v) is 4.61. The van der Waals surface area contributed by atoms with Crippen molar-refractivity contribution in [3.05, 3.63) is 63.9 Å². The minimum atomic E-state index is -0.317. The zero-order valence-electron chi connectivity index (χ0n) is 12.2. The second-order valence-corrected chi connectivity index (χ2v) is 6.74. The number of aromatic nitrogens is 1. The molecule has 0 unspecified atom stereocenters. The van der Waals surface area contributed by atoms with Crippen LogP contribution in [-0.4, -0.2) is 17.3 Å². The maximum Gasteiger partial charge on any atom is 0.146 e. The van der Waals surface area contributed by atoms with Gasteiger partial charge in [-0.3, -0.25) is 0 Å². The van der Waals surface area contributed by atoms with Crippen LogP contribution < -0.4 is 5.32 Å². The molecule has 1 atom stereocenters. The van der Waals surface area contributed by atoms with Gasteiger partial charge in [-0.2, -0.15) is 11.8 Å². The number of benzene rings is 1. The highest BCUT2D eigenvalue weighted by molar-refractivity contribution is 9.10. The lowest BCUT2D eigenvalue weighted by Gasteiger charge is -2.14. The van der Waals surface area contributed by atoms with Crippen molar-refractivity contribution in [2.75, 3.05) is 12.3 Å². The van der Waals surface area contributed by atoms with E-state index in [-0.39, 0.29) is 17.7 Å². The van der Waals surface area contributed by atoms with Gasteiger partial charge in [0.2, 0.25) is 0 Å². The first kappa shape index (κ1) is 17.4. The fourth-order valence-electron chi connectivity index (χ4n) is 1.98. The van der Waals surface area contributed by atoms with Crippen LogP contribution in [0, 0.1) is 11.6 Å². The maximum absolute atomic E-state index is 13.7. The lowest BCUT2D eigenvalue weighted by Crippen LogP contribution is -2.23. The number of nitrogens with zero attached hydrogens (tertiary/aromatic N) is 1. The molecule has 0 saturated heterocycles. The Morgan fingerprint density at radius 3 is 2.73 bits per heavy atom. The number of pyridine rings is 1. The topological polar surface area (TPSA) is 24.9 Å². The van der Waals surface area contributed by atoms with E-state index in [1.165, 1.54) is 12.1 Å². The van der Waals surface area contributed by atoms with Crippen LogP contribution in [0.15, 0.2) is 41.0 Å². The van der Waals surface area contributed by atoms with Gasteiger partial charge >= 0.3 is 0 Å². The Morgan fingerprint density at radius 2 is 1.95 bits per heavy atom. The molecule has 0 amide bonds. The van der Waals surface area contributed by atoms with Crippen LogP contribution in [0.2, 0.25) is 0 Å². The highest BCUT2D eigenvalue weighted by atomic mass is 79.9. The molecule has 6 heteroatoms. The van der Waals surface area contributed by atoms with Crippen LogP contribution in [-0.2, 0) is 5.75 Å². The van der Waals surface area contributed by atoms with Crippen LogP contribution in [0.1, 0.15) is 24.2 Å². The first-order valence-corrected chi connectivity index (χ1v) is 8.89. The average Bonchev–Trinajstić information content (AvgIpc) is 2.51. The van der Waals surface area contributed by atoms with E-state index in [9.17, 15) is 8.78 Å². The van der Waals surface area contributed by atoms with Gasteiger partial charge in [0.15, 0.2) is 0 Å². The zero-order chi connectivity index (χ0) is 15.9. The Hall–Kier alpha value is -0.980. The van der Waals surface area contributed by atoms with Crippen molar-refractivity contribution >= 4 is 27.7 Å². The third-order valence-electron chi connectivity index (χ3n) is 3.16. The molecule has 1 N–H and O–H groups in total. The van der Waals surface area contributed by atoms with E-state index >= 15 is 0 Å². The first-order chi connectivity index (χ1) is 10.6. The molecular weight excluding hydrogens is 370 g/mol. The predicted octanol–water partition coefficient (Wildman–Crippen LogP) is 4.71. The molecule has 0 bridgehead atoms. The standard InChI is InChI=1S/C16H17BrF2N2S/c1-11(16-14(19)6-7-15(17)21-16)20-8-9-22-10-12-4-2-3-5-13(12)18/h2-7,11,20H,8-10H2,1H3/t11-/m1/s1. The van der Waals surface area contributed by atoms with Crippen molar-refractivity contribution in [2.24, 2.45) is 0 Å². The number of hydrogen-bond donors (Lipinski definition) is 1. The smallest absolute Gasteiger partial charge is 0.146 e. The Bertz CT molecular complexity index is 625. The Morgan fingerprint density at radius 1 is 1.18 bits per heavy atom. The molecule has 0 aliphatic rings. The van der Waals surface area contributed by atoms with Gasteiger partial charge in [-0.05, 0) is 46.6 Å². The van der Waals surface area contributed by atoms with Gasteiger partial charge in [-0.1, -0.05) is 18.2 Å². The molecule has 0 aliphatic heterocycles. The summed E-state index contributed by atoms with van der Waals surface area (Å²) in [5, 5.41) is 3.23. The van der Waals surface area contributed by atoms with E-state index in [0.717, 1.165) is 5.75 Å². The Kier molecular flexibility index (Phi) is 6.79. The van der Waals surface area contributed by atoms with Crippen LogP contribution >= 0.6 is 27.7 Å². The molecule has 0 radical (unpaired) electrons. The summed E-state index contributed by atoms with van der Waals surface area (Å²) in [5.74, 6) is 0.958. The highest BCUT2D eigenvalue weighted by Crippen LogP contribution is 2.18. The number of hydrogen-bond acceptors (Lipinski definition) is 3. The van der Waals surface area contributed by atoms with Crippen molar-refractivity contribution in [2.45, 2.75) is 18.7 Å². The number of halogens is 3. The lowest BCUT2D eigenvalue weighted by atomic mass is 10.2. The molecule has 1 heterocycles. The van der Waals surface area contributed by atoms with Crippen molar-refractivity contribution < 1.29 is 8.78 Å². The van der Waals surface area contributed by atoms with Crippen LogP contribution in [0.25, 0.3) is 0 Å². The van der Waals surface area contributed by atoms with E-state index in [4.69, 9.17) is 0 Å². The summed E-state index contributed by atoms with van der Waals surface area (Å²) >= 11 is 4.88. The highest BCUT2D eigenvalue weighted by Gasteiger charge is 2.12. The molecule has 2 nitrogen and oxygen atoms in total. The summed E-state index contributed by atoms with van der Waals surface area (Å²) in [5.41, 5.74) is 1.11. The second-order valence-electron chi connectivity index (χ2n) is 4.82. The van der Waals surface area contributed by atoms with Gasteiger partial charge < -0.3 is 5.32 Å². The Labute approximate surface area is 141 Å². The van der Waals surface area contributed by atoms with Gasteiger partial charge in [0, 0.05) is 24.1 Å². The molecule has 0 fully saturated rings. The van der Waals surface area contributed by atoms with Gasteiger partial charge in [0.05, 0.1) is 5.69 Å². The molecule has 1 aromatic carbocycles. The normalized spacial score (nSPS) is 12.4. The summed E-state index contributed by atoms with van der Waals surface area (Å²) in [6.45, 7) is 2.58. The van der Waals surface area contributed by atoms with Crippen LogP contribution in [0.5, 0.6) is 0 Å². The number of thioether (sulfide) groups is 1. The maximum atomic E-state index is 13.7. The monoisotopic (exact) mass is 386 g/mol. The number of nitrogens with one attached hydrogen (secondary N) is 1. The lowest BCUT2D eigenvalue weighted by molar-refractivity contribution is 0.524. The predicted molar refractivity (Wildman–Crippen MR) is 90.9 cm³/mol. The van der Waals surface area contributed by atoms with E-state index < -0.39 is 0 Å². The third kappa shape index (κ3) is 5.04. The summed E-state index contributed by atoms with van der Waals surface area (Å²) in [6, 6.07) is 9.59. The molecule has 22 heavy (non-hydrogen) atoms. The van der Waals surface area contributed by atoms with Crippen molar-refractivity contribution in [1.82, 2.24) is 10.3 Å². The minimum absolute atomic E-state index is 0.170. The van der Waals surface area contributed by atoms with Gasteiger partial charge in [0.25, 0.3) is 0 Å². The largest absolute Gasteiger partial charge is 0.308 e. The van der Waals surface area contributed by atoms with Crippen LogP contribution in [0.4, 0.5) is 8.78 Å². The van der Waals surface area contributed by atoms with Gasteiger partial charge in [-0.25, -0.2) is 13.8 Å². The van der Waals surface area contributed by atoms with Crippen LogP contribution in [0.3, 0.4) is 0 Å². The first-order valence-electron chi connectivity index (χ1n) is 6.94. The van der Waals surface area contributed by atoms with Gasteiger partial charge in [0.1, 0.15) is 16.2 Å². The molecule has 118 valence electrons. The number of rotatable bonds is 7. The minimum Gasteiger partial charge on any atom is -0.308 e. The fraction of sp³-hybridized carbons (Fsp3) is 0.312. The SMILES string of the molecule is C[C@@H](NCCSCc1ccccc1F)c1nc(Br)ccc1F. The molecule has 1 aromatic heterocycles. The van der Waals surface area contributed by atoms with E-state index in [2.05, 4.69) is 26.2 Å². The molecule has 0 saturated carbocycles.